The lowest BCUT2D eigenvalue weighted by Crippen LogP contribution is -2.26. The predicted molar refractivity (Wildman–Crippen MR) is 82.4 cm³/mol. The van der Waals surface area contributed by atoms with Crippen molar-refractivity contribution in [1.82, 2.24) is 9.97 Å². The number of amides is 1. The number of anilines is 1. The first kappa shape index (κ1) is 14.1. The Morgan fingerprint density at radius 1 is 1.43 bits per heavy atom. The van der Waals surface area contributed by atoms with Gasteiger partial charge in [-0.3, -0.25) is 4.79 Å². The molecular formula is C16H21N3O2. The third kappa shape index (κ3) is 2.93. The molecule has 1 aliphatic rings. The van der Waals surface area contributed by atoms with Gasteiger partial charge in [0.05, 0.1) is 11.0 Å². The molecule has 0 saturated carbocycles. The van der Waals surface area contributed by atoms with Crippen molar-refractivity contribution >= 4 is 22.6 Å². The molecule has 1 atom stereocenters. The summed E-state index contributed by atoms with van der Waals surface area (Å²) in [5, 5.41) is 2.91. The minimum atomic E-state index is -0.312. The number of aromatic amines is 1. The zero-order valence-corrected chi connectivity index (χ0v) is 12.7. The van der Waals surface area contributed by atoms with Gasteiger partial charge in [-0.2, -0.15) is 0 Å². The van der Waals surface area contributed by atoms with Crippen molar-refractivity contribution in [3.05, 3.63) is 24.0 Å². The van der Waals surface area contributed by atoms with Gasteiger partial charge in [0.1, 0.15) is 11.9 Å². The Labute approximate surface area is 124 Å². The molecule has 1 aromatic heterocycles. The molecule has 0 bridgehead atoms. The van der Waals surface area contributed by atoms with Crippen LogP contribution in [-0.4, -0.2) is 28.6 Å². The van der Waals surface area contributed by atoms with Crippen LogP contribution in [0.25, 0.3) is 11.0 Å². The first-order valence-corrected chi connectivity index (χ1v) is 7.36. The third-order valence-electron chi connectivity index (χ3n) is 3.68. The van der Waals surface area contributed by atoms with Gasteiger partial charge in [-0.25, -0.2) is 4.98 Å². The first-order valence-electron chi connectivity index (χ1n) is 7.36. The average Bonchev–Trinajstić information content (AvgIpc) is 3.06. The summed E-state index contributed by atoms with van der Waals surface area (Å²) in [6.45, 7) is 7.02. The molecule has 0 unspecified atom stereocenters. The normalized spacial score (nSPS) is 19.1. The number of ether oxygens (including phenoxy) is 1. The van der Waals surface area contributed by atoms with Gasteiger partial charge in [0.25, 0.3) is 5.91 Å². The Bertz CT molecular complexity index is 664. The van der Waals surface area contributed by atoms with Crippen LogP contribution in [0.1, 0.15) is 39.4 Å². The van der Waals surface area contributed by atoms with E-state index in [1.165, 1.54) is 0 Å². The number of carbonyl (C=O) groups excluding carboxylic acids is 1. The van der Waals surface area contributed by atoms with Crippen LogP contribution in [0.5, 0.6) is 0 Å². The van der Waals surface area contributed by atoms with Crippen molar-refractivity contribution in [1.29, 1.82) is 0 Å². The molecular weight excluding hydrogens is 266 g/mol. The van der Waals surface area contributed by atoms with Gasteiger partial charge < -0.3 is 15.0 Å². The number of benzene rings is 1. The molecule has 2 N–H and O–H groups in total. The Morgan fingerprint density at radius 2 is 2.24 bits per heavy atom. The van der Waals surface area contributed by atoms with E-state index in [-0.39, 0.29) is 17.4 Å². The number of imidazole rings is 1. The molecule has 0 radical (unpaired) electrons. The molecule has 112 valence electrons. The molecule has 1 saturated heterocycles. The van der Waals surface area contributed by atoms with E-state index in [1.54, 1.807) is 0 Å². The molecule has 5 nitrogen and oxygen atoms in total. The van der Waals surface area contributed by atoms with Gasteiger partial charge in [0.15, 0.2) is 0 Å². The Morgan fingerprint density at radius 3 is 2.90 bits per heavy atom. The van der Waals surface area contributed by atoms with Crippen molar-refractivity contribution in [2.24, 2.45) is 0 Å². The summed E-state index contributed by atoms with van der Waals surface area (Å²) in [6, 6.07) is 5.72. The molecule has 1 aliphatic heterocycles. The van der Waals surface area contributed by atoms with Crippen LogP contribution in [0.4, 0.5) is 5.69 Å². The van der Waals surface area contributed by atoms with Crippen LogP contribution >= 0.6 is 0 Å². The quantitative estimate of drug-likeness (QED) is 0.892. The zero-order chi connectivity index (χ0) is 15.0. The van der Waals surface area contributed by atoms with Crippen molar-refractivity contribution in [3.8, 4) is 0 Å². The number of nitrogens with zero attached hydrogens (tertiary/aromatic N) is 1. The van der Waals surface area contributed by atoms with Crippen molar-refractivity contribution in [2.45, 2.75) is 45.1 Å². The van der Waals surface area contributed by atoms with Gasteiger partial charge in [-0.05, 0) is 31.0 Å². The molecule has 21 heavy (non-hydrogen) atoms. The lowest BCUT2D eigenvalue weighted by molar-refractivity contribution is -0.124. The molecule has 0 spiro atoms. The number of nitrogens with one attached hydrogen (secondary N) is 2. The minimum Gasteiger partial charge on any atom is -0.368 e. The maximum absolute atomic E-state index is 12.1. The van der Waals surface area contributed by atoms with Crippen LogP contribution in [0, 0.1) is 0 Å². The summed E-state index contributed by atoms with van der Waals surface area (Å²) in [4.78, 5) is 20.0. The number of carbonyl (C=O) groups is 1. The fraction of sp³-hybridized carbons (Fsp3) is 0.500. The summed E-state index contributed by atoms with van der Waals surface area (Å²) < 4.78 is 5.39. The second-order valence-corrected chi connectivity index (χ2v) is 6.56. The van der Waals surface area contributed by atoms with Gasteiger partial charge in [-0.1, -0.05) is 20.8 Å². The SMILES string of the molecule is CC(C)(C)c1nc2ccc(NC(=O)[C@@H]3CCCO3)cc2[nH]1. The number of rotatable bonds is 2. The van der Waals surface area contributed by atoms with E-state index >= 15 is 0 Å². The third-order valence-corrected chi connectivity index (χ3v) is 3.68. The smallest absolute Gasteiger partial charge is 0.253 e. The molecule has 1 amide bonds. The summed E-state index contributed by atoms with van der Waals surface area (Å²) in [7, 11) is 0. The monoisotopic (exact) mass is 287 g/mol. The van der Waals surface area contributed by atoms with E-state index < -0.39 is 0 Å². The number of H-pyrrole nitrogens is 1. The Hall–Kier alpha value is -1.88. The predicted octanol–water partition coefficient (Wildman–Crippen LogP) is 2.98. The van der Waals surface area contributed by atoms with Gasteiger partial charge >= 0.3 is 0 Å². The largest absolute Gasteiger partial charge is 0.368 e. The number of hydrogen-bond acceptors (Lipinski definition) is 3. The highest BCUT2D eigenvalue weighted by molar-refractivity contribution is 5.96. The minimum absolute atomic E-state index is 0.0277. The molecule has 1 aromatic carbocycles. The van der Waals surface area contributed by atoms with E-state index in [0.29, 0.717) is 6.61 Å². The van der Waals surface area contributed by atoms with Crippen LogP contribution in [0.2, 0.25) is 0 Å². The number of hydrogen-bond donors (Lipinski definition) is 2. The Kier molecular flexibility index (Phi) is 3.45. The Balaban J connectivity index is 1.82. The summed E-state index contributed by atoms with van der Waals surface area (Å²) in [5.74, 6) is 0.877. The summed E-state index contributed by atoms with van der Waals surface area (Å²) in [6.07, 6.45) is 1.44. The maximum Gasteiger partial charge on any atom is 0.253 e. The standard InChI is InChI=1S/C16H21N3O2/c1-16(2,3)15-18-11-7-6-10(9-12(11)19-15)17-14(20)13-5-4-8-21-13/h6-7,9,13H,4-5,8H2,1-3H3,(H,17,20)(H,18,19)/t13-/m0/s1. The maximum atomic E-state index is 12.1. The van der Waals surface area contributed by atoms with Gasteiger partial charge in [0.2, 0.25) is 0 Å². The fourth-order valence-corrected chi connectivity index (χ4v) is 2.45. The van der Waals surface area contributed by atoms with Crippen LogP contribution in [0.15, 0.2) is 18.2 Å². The molecule has 2 heterocycles. The second-order valence-electron chi connectivity index (χ2n) is 6.56. The van der Waals surface area contributed by atoms with E-state index in [1.807, 2.05) is 18.2 Å². The van der Waals surface area contributed by atoms with Crippen molar-refractivity contribution < 1.29 is 9.53 Å². The van der Waals surface area contributed by atoms with E-state index in [4.69, 9.17) is 4.74 Å². The van der Waals surface area contributed by atoms with Gasteiger partial charge in [0, 0.05) is 17.7 Å². The molecule has 0 aliphatic carbocycles. The molecule has 3 rings (SSSR count). The zero-order valence-electron chi connectivity index (χ0n) is 12.7. The van der Waals surface area contributed by atoms with E-state index in [9.17, 15) is 4.79 Å². The highest BCUT2D eigenvalue weighted by Crippen LogP contribution is 2.24. The van der Waals surface area contributed by atoms with Crippen LogP contribution < -0.4 is 5.32 Å². The lowest BCUT2D eigenvalue weighted by Gasteiger charge is -2.13. The van der Waals surface area contributed by atoms with Crippen molar-refractivity contribution in [3.63, 3.8) is 0 Å². The molecule has 2 aromatic rings. The molecule has 5 heteroatoms. The van der Waals surface area contributed by atoms with Crippen LogP contribution in [-0.2, 0) is 14.9 Å². The summed E-state index contributed by atoms with van der Waals surface area (Å²) in [5.41, 5.74) is 2.59. The summed E-state index contributed by atoms with van der Waals surface area (Å²) >= 11 is 0. The second kappa shape index (κ2) is 5.15. The van der Waals surface area contributed by atoms with Gasteiger partial charge in [-0.15, -0.1) is 0 Å². The lowest BCUT2D eigenvalue weighted by atomic mass is 9.96. The number of fused-ring (bicyclic) bond motifs is 1. The van der Waals surface area contributed by atoms with Crippen LogP contribution in [0.3, 0.4) is 0 Å². The molecule has 1 fully saturated rings. The number of aromatic nitrogens is 2. The average molecular weight is 287 g/mol. The van der Waals surface area contributed by atoms with E-state index in [0.717, 1.165) is 35.4 Å². The fourth-order valence-electron chi connectivity index (χ4n) is 2.45. The topological polar surface area (TPSA) is 67.0 Å². The van der Waals surface area contributed by atoms with E-state index in [2.05, 4.69) is 36.1 Å². The highest BCUT2D eigenvalue weighted by atomic mass is 16.5. The van der Waals surface area contributed by atoms with Crippen molar-refractivity contribution in [2.75, 3.05) is 11.9 Å². The first-order chi connectivity index (χ1) is 9.93. The highest BCUT2D eigenvalue weighted by Gasteiger charge is 2.24.